The van der Waals surface area contributed by atoms with Crippen LogP contribution in [0.4, 0.5) is 0 Å². The van der Waals surface area contributed by atoms with Crippen LogP contribution in [0.25, 0.3) is 0 Å². The highest BCUT2D eigenvalue weighted by Gasteiger charge is 2.23. The van der Waals surface area contributed by atoms with E-state index in [-0.39, 0.29) is 6.61 Å². The summed E-state index contributed by atoms with van der Waals surface area (Å²) in [5.41, 5.74) is 1.93. The third-order valence-electron chi connectivity index (χ3n) is 3.37. The second-order valence-electron chi connectivity index (χ2n) is 5.47. The molecule has 0 amide bonds. The molecule has 2 heterocycles. The van der Waals surface area contributed by atoms with Crippen LogP contribution in [0.1, 0.15) is 44.0 Å². The summed E-state index contributed by atoms with van der Waals surface area (Å²) in [6.07, 6.45) is 2.46. The van der Waals surface area contributed by atoms with Crippen molar-refractivity contribution in [3.8, 4) is 0 Å². The average Bonchev–Trinajstić information content (AvgIpc) is 2.77. The Hall–Kier alpha value is -0.870. The fraction of sp³-hybridized carbons (Fsp3) is 0.769. The van der Waals surface area contributed by atoms with Crippen molar-refractivity contribution in [1.82, 2.24) is 15.1 Å². The predicted molar refractivity (Wildman–Crippen MR) is 67.8 cm³/mol. The maximum Gasteiger partial charge on any atom is 0.0847 e. The minimum absolute atomic E-state index is 0.0510. The Kier molecular flexibility index (Phi) is 4.18. The van der Waals surface area contributed by atoms with Gasteiger partial charge in [0.05, 0.1) is 18.0 Å². The van der Waals surface area contributed by atoms with Crippen LogP contribution in [-0.2, 0) is 6.61 Å². The number of aliphatic hydroxyl groups is 1. The van der Waals surface area contributed by atoms with E-state index in [1.807, 2.05) is 6.07 Å². The maximum atomic E-state index is 9.04. The van der Waals surface area contributed by atoms with Crippen molar-refractivity contribution in [3.05, 3.63) is 17.5 Å². The fourth-order valence-corrected chi connectivity index (χ4v) is 2.65. The molecule has 1 atom stereocenters. The number of piperidine rings is 1. The normalized spacial score (nSPS) is 22.2. The van der Waals surface area contributed by atoms with Crippen molar-refractivity contribution in [2.75, 3.05) is 19.6 Å². The van der Waals surface area contributed by atoms with Gasteiger partial charge in [0.25, 0.3) is 0 Å². The van der Waals surface area contributed by atoms with E-state index < -0.39 is 0 Å². The molecular weight excluding hydrogens is 214 g/mol. The van der Waals surface area contributed by atoms with E-state index in [9.17, 15) is 0 Å². The molecule has 0 radical (unpaired) electrons. The van der Waals surface area contributed by atoms with Gasteiger partial charge < -0.3 is 10.0 Å². The molecule has 0 aromatic carbocycles. The monoisotopic (exact) mass is 237 g/mol. The average molecular weight is 237 g/mol. The number of rotatable bonds is 4. The van der Waals surface area contributed by atoms with Gasteiger partial charge in [0.2, 0.25) is 0 Å². The zero-order valence-electron chi connectivity index (χ0n) is 10.8. The maximum absolute atomic E-state index is 9.04. The summed E-state index contributed by atoms with van der Waals surface area (Å²) in [6, 6.07) is 2.00. The molecule has 0 aliphatic carbocycles. The summed E-state index contributed by atoms with van der Waals surface area (Å²) in [6.45, 7) is 8.08. The first-order valence-corrected chi connectivity index (χ1v) is 6.56. The summed E-state index contributed by atoms with van der Waals surface area (Å²) in [4.78, 5) is 2.53. The summed E-state index contributed by atoms with van der Waals surface area (Å²) >= 11 is 0. The van der Waals surface area contributed by atoms with Crippen molar-refractivity contribution in [1.29, 1.82) is 0 Å². The Morgan fingerprint density at radius 1 is 1.59 bits per heavy atom. The number of nitrogens with one attached hydrogen (secondary N) is 1. The number of hydrogen-bond donors (Lipinski definition) is 2. The van der Waals surface area contributed by atoms with Crippen molar-refractivity contribution in [3.63, 3.8) is 0 Å². The van der Waals surface area contributed by atoms with E-state index in [1.54, 1.807) is 0 Å². The van der Waals surface area contributed by atoms with E-state index in [2.05, 4.69) is 28.9 Å². The molecule has 1 aliphatic rings. The molecule has 1 fully saturated rings. The Balaban J connectivity index is 1.96. The lowest BCUT2D eigenvalue weighted by Crippen LogP contribution is -2.36. The van der Waals surface area contributed by atoms with Crippen LogP contribution in [0.3, 0.4) is 0 Å². The molecule has 96 valence electrons. The molecule has 1 aromatic rings. The Morgan fingerprint density at radius 2 is 2.41 bits per heavy atom. The van der Waals surface area contributed by atoms with Crippen LogP contribution in [0.2, 0.25) is 0 Å². The molecule has 0 bridgehead atoms. The lowest BCUT2D eigenvalue weighted by atomic mass is 9.94. The first kappa shape index (κ1) is 12.6. The van der Waals surface area contributed by atoms with Gasteiger partial charge in [0, 0.05) is 19.0 Å². The number of hydrogen-bond acceptors (Lipinski definition) is 3. The molecule has 2 rings (SSSR count). The Morgan fingerprint density at radius 3 is 3.06 bits per heavy atom. The lowest BCUT2D eigenvalue weighted by molar-refractivity contribution is 0.186. The number of likely N-dealkylation sites (tertiary alicyclic amines) is 1. The van der Waals surface area contributed by atoms with Crippen molar-refractivity contribution in [2.45, 2.75) is 39.2 Å². The molecular formula is C13H23N3O. The van der Waals surface area contributed by atoms with Gasteiger partial charge >= 0.3 is 0 Å². The Bertz CT molecular complexity index is 348. The van der Waals surface area contributed by atoms with Gasteiger partial charge in [-0.1, -0.05) is 13.8 Å². The zero-order chi connectivity index (χ0) is 12.3. The number of H-pyrrole nitrogens is 1. The van der Waals surface area contributed by atoms with Gasteiger partial charge in [-0.3, -0.25) is 5.10 Å². The van der Waals surface area contributed by atoms with E-state index in [0.29, 0.717) is 5.92 Å². The Labute approximate surface area is 103 Å². The van der Waals surface area contributed by atoms with Crippen LogP contribution in [0.5, 0.6) is 0 Å². The third-order valence-corrected chi connectivity index (χ3v) is 3.37. The first-order valence-electron chi connectivity index (χ1n) is 6.56. The van der Waals surface area contributed by atoms with Crippen molar-refractivity contribution in [2.24, 2.45) is 5.92 Å². The minimum Gasteiger partial charge on any atom is -0.390 e. The highest BCUT2D eigenvalue weighted by Crippen LogP contribution is 2.26. The van der Waals surface area contributed by atoms with Crippen LogP contribution >= 0.6 is 0 Å². The second-order valence-corrected chi connectivity index (χ2v) is 5.47. The van der Waals surface area contributed by atoms with Gasteiger partial charge in [-0.05, 0) is 31.4 Å². The standard InChI is InChI=1S/C13H23N3O/c1-10(2)7-16-5-3-4-11(8-16)13-6-12(9-17)14-15-13/h6,10-11,17H,3-5,7-9H2,1-2H3,(H,14,15)/t11-/m0/s1. The quantitative estimate of drug-likeness (QED) is 0.838. The van der Waals surface area contributed by atoms with E-state index in [4.69, 9.17) is 5.11 Å². The molecule has 2 N–H and O–H groups in total. The van der Waals surface area contributed by atoms with E-state index >= 15 is 0 Å². The smallest absolute Gasteiger partial charge is 0.0847 e. The largest absolute Gasteiger partial charge is 0.390 e. The fourth-order valence-electron chi connectivity index (χ4n) is 2.65. The molecule has 4 heteroatoms. The SMILES string of the molecule is CC(C)CN1CCC[C@H](c2cc(CO)[nH]n2)C1. The highest BCUT2D eigenvalue weighted by atomic mass is 16.3. The van der Waals surface area contributed by atoms with E-state index in [0.717, 1.165) is 23.9 Å². The van der Waals surface area contributed by atoms with Gasteiger partial charge in [0.1, 0.15) is 0 Å². The first-order chi connectivity index (χ1) is 8.19. The number of nitrogens with zero attached hydrogens (tertiary/aromatic N) is 2. The van der Waals surface area contributed by atoms with Gasteiger partial charge in [0.15, 0.2) is 0 Å². The van der Waals surface area contributed by atoms with Crippen molar-refractivity contribution < 1.29 is 5.11 Å². The number of aromatic amines is 1. The lowest BCUT2D eigenvalue weighted by Gasteiger charge is -2.32. The molecule has 0 saturated carbocycles. The van der Waals surface area contributed by atoms with Crippen LogP contribution in [-0.4, -0.2) is 39.8 Å². The topological polar surface area (TPSA) is 52.1 Å². The molecule has 0 unspecified atom stereocenters. The van der Waals surface area contributed by atoms with E-state index in [1.165, 1.54) is 25.9 Å². The van der Waals surface area contributed by atoms with Gasteiger partial charge in [-0.25, -0.2) is 0 Å². The van der Waals surface area contributed by atoms with Crippen molar-refractivity contribution >= 4 is 0 Å². The number of aromatic nitrogens is 2. The second kappa shape index (κ2) is 5.65. The summed E-state index contributed by atoms with van der Waals surface area (Å²) in [5, 5.41) is 16.2. The summed E-state index contributed by atoms with van der Waals surface area (Å²) < 4.78 is 0. The summed E-state index contributed by atoms with van der Waals surface area (Å²) in [7, 11) is 0. The molecule has 1 aromatic heterocycles. The molecule has 17 heavy (non-hydrogen) atoms. The highest BCUT2D eigenvalue weighted by molar-refractivity contribution is 5.13. The third kappa shape index (κ3) is 3.30. The molecule has 1 saturated heterocycles. The van der Waals surface area contributed by atoms with Crippen LogP contribution in [0, 0.1) is 5.92 Å². The number of aliphatic hydroxyl groups excluding tert-OH is 1. The van der Waals surface area contributed by atoms with Crippen LogP contribution < -0.4 is 0 Å². The minimum atomic E-state index is 0.0510. The molecule has 1 aliphatic heterocycles. The van der Waals surface area contributed by atoms with Crippen LogP contribution in [0.15, 0.2) is 6.07 Å². The van der Waals surface area contributed by atoms with Gasteiger partial charge in [-0.2, -0.15) is 5.10 Å². The molecule has 0 spiro atoms. The zero-order valence-corrected chi connectivity index (χ0v) is 10.8. The molecule has 4 nitrogen and oxygen atoms in total. The predicted octanol–water partition coefficient (Wildman–Crippen LogP) is 1.74. The summed E-state index contributed by atoms with van der Waals surface area (Å²) in [5.74, 6) is 1.25. The van der Waals surface area contributed by atoms with Gasteiger partial charge in [-0.15, -0.1) is 0 Å².